The summed E-state index contributed by atoms with van der Waals surface area (Å²) in [7, 11) is 3.71. The van der Waals surface area contributed by atoms with Crippen LogP contribution in [0.25, 0.3) is 0 Å². The molecule has 8 heteroatoms. The molecule has 0 saturated carbocycles. The number of nitrogens with one attached hydrogen (secondary N) is 2. The fourth-order valence-electron chi connectivity index (χ4n) is 3.40. The fourth-order valence-corrected chi connectivity index (χ4v) is 3.69. The summed E-state index contributed by atoms with van der Waals surface area (Å²) in [4.78, 5) is 32.7. The first kappa shape index (κ1) is 20.5. The Bertz CT molecular complexity index is 1130. The van der Waals surface area contributed by atoms with Crippen LogP contribution in [0.3, 0.4) is 0 Å². The second kappa shape index (κ2) is 7.67. The van der Waals surface area contributed by atoms with Crippen molar-refractivity contribution in [2.75, 3.05) is 19.0 Å². The molecule has 0 amide bonds. The van der Waals surface area contributed by atoms with Crippen molar-refractivity contribution in [1.29, 1.82) is 0 Å². The number of aromatic hydroxyl groups is 2. The first-order valence-electron chi connectivity index (χ1n) is 8.92. The molecule has 0 spiro atoms. The Kier molecular flexibility index (Phi) is 5.44. The Morgan fingerprint density at radius 2 is 1.38 bits per heavy atom. The van der Waals surface area contributed by atoms with E-state index in [-0.39, 0.29) is 22.6 Å². The number of H-pyrrole nitrogens is 2. The quantitative estimate of drug-likeness (QED) is 0.523. The van der Waals surface area contributed by atoms with Crippen molar-refractivity contribution in [2.24, 2.45) is 0 Å². The van der Waals surface area contributed by atoms with Gasteiger partial charge in [-0.3, -0.25) is 9.59 Å². The maximum atomic E-state index is 12.8. The average molecular weight is 416 g/mol. The summed E-state index contributed by atoms with van der Waals surface area (Å²) in [5.74, 6) is -1.65. The molecule has 1 aromatic carbocycles. The molecule has 3 rings (SSSR count). The summed E-state index contributed by atoms with van der Waals surface area (Å²) in [6.45, 7) is 3.27. The van der Waals surface area contributed by atoms with E-state index in [4.69, 9.17) is 11.6 Å². The highest BCUT2D eigenvalue weighted by Crippen LogP contribution is 2.40. The molecule has 2 heterocycles. The normalized spacial score (nSPS) is 11.1. The van der Waals surface area contributed by atoms with Crippen LogP contribution in [0.4, 0.5) is 5.69 Å². The maximum Gasteiger partial charge on any atom is 0.256 e. The van der Waals surface area contributed by atoms with E-state index in [2.05, 4.69) is 9.97 Å². The number of hydrogen-bond acceptors (Lipinski definition) is 5. The van der Waals surface area contributed by atoms with Crippen molar-refractivity contribution in [1.82, 2.24) is 9.97 Å². The first-order chi connectivity index (χ1) is 13.6. The highest BCUT2D eigenvalue weighted by Gasteiger charge is 2.30. The van der Waals surface area contributed by atoms with Crippen LogP contribution >= 0.6 is 11.6 Å². The minimum Gasteiger partial charge on any atom is -0.507 e. The van der Waals surface area contributed by atoms with Crippen LogP contribution < -0.4 is 16.0 Å². The van der Waals surface area contributed by atoms with Crippen molar-refractivity contribution >= 4 is 17.3 Å². The summed E-state index contributed by atoms with van der Waals surface area (Å²) >= 11 is 6.53. The van der Waals surface area contributed by atoms with Gasteiger partial charge in [-0.1, -0.05) is 17.7 Å². The van der Waals surface area contributed by atoms with E-state index in [0.29, 0.717) is 22.0 Å². The average Bonchev–Trinajstić information content (AvgIpc) is 2.58. The molecule has 3 aromatic rings. The Balaban J connectivity index is 2.39. The third-order valence-corrected chi connectivity index (χ3v) is 5.09. The SMILES string of the molecule is Cc1cc(O)c(C(c2ccc(N(C)C)cc2Cl)c2c(O)cc(C)[nH]c2=O)c(=O)[nH]1. The van der Waals surface area contributed by atoms with Gasteiger partial charge in [0.1, 0.15) is 11.5 Å². The Morgan fingerprint density at radius 1 is 0.897 bits per heavy atom. The van der Waals surface area contributed by atoms with Crippen LogP contribution in [0.5, 0.6) is 11.5 Å². The van der Waals surface area contributed by atoms with E-state index in [1.165, 1.54) is 12.1 Å². The van der Waals surface area contributed by atoms with Gasteiger partial charge in [-0.2, -0.15) is 0 Å². The largest absolute Gasteiger partial charge is 0.507 e. The Labute approximate surface area is 172 Å². The summed E-state index contributed by atoms with van der Waals surface area (Å²) in [6.07, 6.45) is 0. The van der Waals surface area contributed by atoms with Crippen molar-refractivity contribution < 1.29 is 10.2 Å². The zero-order valence-electron chi connectivity index (χ0n) is 16.5. The van der Waals surface area contributed by atoms with Gasteiger partial charge in [-0.05, 0) is 43.7 Å². The molecule has 7 nitrogen and oxygen atoms in total. The smallest absolute Gasteiger partial charge is 0.256 e. The number of aromatic nitrogens is 2. The zero-order valence-corrected chi connectivity index (χ0v) is 17.3. The van der Waals surface area contributed by atoms with Crippen molar-refractivity contribution in [3.05, 3.63) is 84.1 Å². The van der Waals surface area contributed by atoms with Crippen LogP contribution in [0.15, 0.2) is 39.9 Å². The van der Waals surface area contributed by atoms with Gasteiger partial charge in [0.2, 0.25) is 0 Å². The Hall–Kier alpha value is -3.19. The first-order valence-corrected chi connectivity index (χ1v) is 9.30. The predicted molar refractivity (Wildman–Crippen MR) is 114 cm³/mol. The van der Waals surface area contributed by atoms with Crippen LogP contribution in [-0.2, 0) is 0 Å². The molecule has 0 bridgehead atoms. The number of aromatic amines is 2. The molecule has 0 aliphatic heterocycles. The molecule has 29 heavy (non-hydrogen) atoms. The lowest BCUT2D eigenvalue weighted by atomic mass is 9.85. The molecule has 0 aliphatic carbocycles. The lowest BCUT2D eigenvalue weighted by Gasteiger charge is -2.22. The number of rotatable bonds is 4. The summed E-state index contributed by atoms with van der Waals surface area (Å²) < 4.78 is 0. The molecule has 0 fully saturated rings. The van der Waals surface area contributed by atoms with E-state index in [9.17, 15) is 19.8 Å². The maximum absolute atomic E-state index is 12.8. The van der Waals surface area contributed by atoms with Gasteiger partial charge in [0.05, 0.1) is 17.0 Å². The van der Waals surface area contributed by atoms with Gasteiger partial charge in [-0.15, -0.1) is 0 Å². The topological polar surface area (TPSA) is 109 Å². The third-order valence-electron chi connectivity index (χ3n) is 4.76. The van der Waals surface area contributed by atoms with Crippen LogP contribution in [0.1, 0.15) is 34.0 Å². The second-order valence-corrected chi connectivity index (χ2v) is 7.60. The minimum atomic E-state index is -1.08. The number of aryl methyl sites for hydroxylation is 2. The third kappa shape index (κ3) is 3.86. The Morgan fingerprint density at radius 3 is 1.76 bits per heavy atom. The van der Waals surface area contributed by atoms with Crippen LogP contribution in [0.2, 0.25) is 5.02 Å². The molecule has 0 radical (unpaired) electrons. The molecule has 2 aromatic heterocycles. The second-order valence-electron chi connectivity index (χ2n) is 7.19. The van der Waals surface area contributed by atoms with Gasteiger partial charge in [-0.25, -0.2) is 0 Å². The van der Waals surface area contributed by atoms with E-state index >= 15 is 0 Å². The lowest BCUT2D eigenvalue weighted by Crippen LogP contribution is -2.25. The number of benzene rings is 1. The van der Waals surface area contributed by atoms with Gasteiger partial charge in [0, 0.05) is 36.2 Å². The fraction of sp³-hybridized carbons (Fsp3) is 0.238. The molecule has 0 saturated heterocycles. The van der Waals surface area contributed by atoms with Gasteiger partial charge in [0.15, 0.2) is 0 Å². The van der Waals surface area contributed by atoms with Crippen molar-refractivity contribution in [2.45, 2.75) is 19.8 Å². The lowest BCUT2D eigenvalue weighted by molar-refractivity contribution is 0.454. The number of halogens is 1. The number of hydrogen-bond donors (Lipinski definition) is 4. The number of pyridine rings is 2. The monoisotopic (exact) mass is 415 g/mol. The van der Waals surface area contributed by atoms with Crippen molar-refractivity contribution in [3.8, 4) is 11.5 Å². The van der Waals surface area contributed by atoms with Crippen molar-refractivity contribution in [3.63, 3.8) is 0 Å². The van der Waals surface area contributed by atoms with Gasteiger partial charge < -0.3 is 25.1 Å². The summed E-state index contributed by atoms with van der Waals surface area (Å²) in [5, 5.41) is 21.4. The summed E-state index contributed by atoms with van der Waals surface area (Å²) in [5.41, 5.74) is 0.879. The molecule has 152 valence electrons. The highest BCUT2D eigenvalue weighted by atomic mass is 35.5. The molecular weight excluding hydrogens is 394 g/mol. The highest BCUT2D eigenvalue weighted by molar-refractivity contribution is 6.31. The molecule has 0 atom stereocenters. The van der Waals surface area contributed by atoms with Gasteiger partial charge in [0.25, 0.3) is 11.1 Å². The van der Waals surface area contributed by atoms with E-state index < -0.39 is 17.0 Å². The predicted octanol–water partition coefficient (Wildman–Crippen LogP) is 2.99. The van der Waals surface area contributed by atoms with Crippen LogP contribution in [0, 0.1) is 13.8 Å². The van der Waals surface area contributed by atoms with Gasteiger partial charge >= 0.3 is 0 Å². The molecular formula is C21H22ClN3O4. The standard InChI is InChI=1S/C21H22ClN3O4/c1-10-7-15(26)18(20(28)23-10)17(19-16(27)8-11(2)24-21(19)29)13-6-5-12(25(3)4)9-14(13)22/h5-9,17H,1-4H3,(H2,23,26,28)(H2,24,27,29). The van der Waals surface area contributed by atoms with E-state index in [1.54, 1.807) is 32.0 Å². The van der Waals surface area contributed by atoms with Crippen LogP contribution in [-0.4, -0.2) is 34.3 Å². The zero-order chi connectivity index (χ0) is 21.5. The minimum absolute atomic E-state index is 0.0697. The number of nitrogens with zero attached hydrogens (tertiary/aromatic N) is 1. The molecule has 4 N–H and O–H groups in total. The molecule has 0 aliphatic rings. The molecule has 0 unspecified atom stereocenters. The summed E-state index contributed by atoms with van der Waals surface area (Å²) in [6, 6.07) is 7.95. The van der Waals surface area contributed by atoms with E-state index in [1.807, 2.05) is 19.0 Å². The van der Waals surface area contributed by atoms with E-state index in [0.717, 1.165) is 5.69 Å². The number of anilines is 1.